The molecule has 3 aromatic heterocycles. The first-order valence-corrected chi connectivity index (χ1v) is 7.14. The first-order chi connectivity index (χ1) is 8.78. The van der Waals surface area contributed by atoms with Gasteiger partial charge in [0.15, 0.2) is 4.34 Å². The number of aromatic nitrogens is 4. The van der Waals surface area contributed by atoms with Crippen molar-refractivity contribution in [2.75, 3.05) is 6.26 Å². The van der Waals surface area contributed by atoms with Gasteiger partial charge in [0.25, 0.3) is 5.56 Å². The zero-order chi connectivity index (χ0) is 12.5. The van der Waals surface area contributed by atoms with E-state index in [0.717, 1.165) is 4.34 Å². The Balaban J connectivity index is 2.08. The molecule has 0 bridgehead atoms. The van der Waals surface area contributed by atoms with E-state index in [9.17, 15) is 4.79 Å². The second kappa shape index (κ2) is 4.54. The summed E-state index contributed by atoms with van der Waals surface area (Å²) in [6.07, 6.45) is 3.79. The highest BCUT2D eigenvalue weighted by molar-refractivity contribution is 8.00. The third kappa shape index (κ3) is 1.93. The van der Waals surface area contributed by atoms with Crippen molar-refractivity contribution in [1.29, 1.82) is 0 Å². The van der Waals surface area contributed by atoms with Crippen LogP contribution < -0.4 is 5.56 Å². The van der Waals surface area contributed by atoms with Gasteiger partial charge >= 0.3 is 0 Å². The van der Waals surface area contributed by atoms with Gasteiger partial charge in [-0.2, -0.15) is 4.52 Å². The van der Waals surface area contributed by atoms with Crippen LogP contribution >= 0.6 is 23.1 Å². The predicted molar refractivity (Wildman–Crippen MR) is 68.2 cm³/mol. The molecule has 0 N–H and O–H groups in total. The lowest BCUT2D eigenvalue weighted by molar-refractivity contribution is 0.516. The summed E-state index contributed by atoms with van der Waals surface area (Å²) in [5, 5.41) is 12.1. The topological polar surface area (TPSA) is 73.3 Å². The second-order valence-electron chi connectivity index (χ2n) is 3.47. The maximum absolute atomic E-state index is 12.1. The van der Waals surface area contributed by atoms with Crippen molar-refractivity contribution in [2.24, 2.45) is 0 Å². The van der Waals surface area contributed by atoms with Crippen molar-refractivity contribution in [1.82, 2.24) is 19.8 Å². The molecule has 0 aliphatic heterocycles. The van der Waals surface area contributed by atoms with Gasteiger partial charge in [-0.25, -0.2) is 0 Å². The molecule has 0 spiro atoms. The van der Waals surface area contributed by atoms with Gasteiger partial charge in [0.2, 0.25) is 4.96 Å². The van der Waals surface area contributed by atoms with E-state index >= 15 is 0 Å². The molecule has 0 radical (unpaired) electrons. The molecule has 92 valence electrons. The first-order valence-electron chi connectivity index (χ1n) is 5.10. The molecular weight excluding hydrogens is 272 g/mol. The molecule has 0 fully saturated rings. The summed E-state index contributed by atoms with van der Waals surface area (Å²) in [6.45, 7) is 0. The predicted octanol–water partition coefficient (Wildman–Crippen LogP) is 1.45. The van der Waals surface area contributed by atoms with E-state index < -0.39 is 0 Å². The van der Waals surface area contributed by atoms with Crippen molar-refractivity contribution < 1.29 is 4.42 Å². The molecule has 8 heteroatoms. The molecule has 0 atom stereocenters. The number of nitrogens with zero attached hydrogens (tertiary/aromatic N) is 4. The van der Waals surface area contributed by atoms with Crippen LogP contribution in [0.15, 0.2) is 31.9 Å². The largest absolute Gasteiger partial charge is 0.469 e. The zero-order valence-electron chi connectivity index (χ0n) is 9.36. The lowest BCUT2D eigenvalue weighted by Gasteiger charge is -1.95. The Morgan fingerprint density at radius 1 is 1.50 bits per heavy atom. The Labute approximate surface area is 110 Å². The maximum atomic E-state index is 12.1. The minimum Gasteiger partial charge on any atom is -0.469 e. The summed E-state index contributed by atoms with van der Waals surface area (Å²) in [5.74, 6) is 0.682. The minimum atomic E-state index is -0.243. The van der Waals surface area contributed by atoms with Gasteiger partial charge in [0.1, 0.15) is 11.5 Å². The molecule has 0 amide bonds. The fourth-order valence-electron chi connectivity index (χ4n) is 1.50. The van der Waals surface area contributed by atoms with Crippen molar-refractivity contribution in [3.05, 3.63) is 40.2 Å². The van der Waals surface area contributed by atoms with Crippen LogP contribution in [0.25, 0.3) is 4.96 Å². The second-order valence-corrected chi connectivity index (χ2v) is 5.48. The summed E-state index contributed by atoms with van der Waals surface area (Å²) < 4.78 is 7.27. The van der Waals surface area contributed by atoms with E-state index in [1.54, 1.807) is 18.4 Å². The highest BCUT2D eigenvalue weighted by Gasteiger charge is 2.12. The smallest absolute Gasteiger partial charge is 0.297 e. The molecule has 6 nitrogen and oxygen atoms in total. The van der Waals surface area contributed by atoms with Crippen LogP contribution in [0.3, 0.4) is 0 Å². The Morgan fingerprint density at radius 2 is 2.39 bits per heavy atom. The molecule has 3 heterocycles. The van der Waals surface area contributed by atoms with E-state index in [1.165, 1.54) is 27.6 Å². The van der Waals surface area contributed by atoms with Crippen LogP contribution in [0, 0.1) is 0 Å². The third-order valence-corrected chi connectivity index (χ3v) is 4.21. The molecule has 0 aromatic carbocycles. The Kier molecular flexibility index (Phi) is 2.88. The van der Waals surface area contributed by atoms with E-state index in [1.807, 2.05) is 6.26 Å². The highest BCUT2D eigenvalue weighted by atomic mass is 32.2. The van der Waals surface area contributed by atoms with Crippen LogP contribution in [0.1, 0.15) is 11.5 Å². The molecule has 0 saturated carbocycles. The molecule has 0 aliphatic rings. The average molecular weight is 280 g/mol. The van der Waals surface area contributed by atoms with Gasteiger partial charge in [-0.3, -0.25) is 4.79 Å². The van der Waals surface area contributed by atoms with Crippen LogP contribution in [0.4, 0.5) is 0 Å². The van der Waals surface area contributed by atoms with Gasteiger partial charge in [0.05, 0.1) is 12.7 Å². The highest BCUT2D eigenvalue weighted by Crippen LogP contribution is 2.19. The number of thioether (sulfide) groups is 1. The maximum Gasteiger partial charge on any atom is 0.297 e. The summed E-state index contributed by atoms with van der Waals surface area (Å²) in [5.41, 5.74) is 0.0911. The van der Waals surface area contributed by atoms with Crippen LogP contribution in [-0.4, -0.2) is 26.1 Å². The molecule has 3 aromatic rings. The summed E-state index contributed by atoms with van der Waals surface area (Å²) in [6, 6.07) is 3.57. The summed E-state index contributed by atoms with van der Waals surface area (Å²) in [4.78, 5) is 12.6. The normalized spacial score (nSPS) is 11.2. The molecule has 0 saturated heterocycles. The Morgan fingerprint density at radius 3 is 3.11 bits per heavy atom. The van der Waals surface area contributed by atoms with Gasteiger partial charge < -0.3 is 4.42 Å². The fourth-order valence-corrected chi connectivity index (χ4v) is 2.79. The van der Waals surface area contributed by atoms with Gasteiger partial charge in [-0.15, -0.1) is 15.3 Å². The summed E-state index contributed by atoms with van der Waals surface area (Å²) in [7, 11) is 0. The Bertz CT molecular complexity index is 732. The number of furan rings is 1. The monoisotopic (exact) mass is 280 g/mol. The van der Waals surface area contributed by atoms with Crippen LogP contribution in [-0.2, 0) is 6.42 Å². The van der Waals surface area contributed by atoms with Gasteiger partial charge in [-0.05, 0) is 18.4 Å². The standard InChI is InChI=1S/C10H8N4O2S2/c1-17-10-13-14-8(15)7(11-12-9(14)18-10)5-6-3-2-4-16-6/h2-4H,5H2,1H3. The zero-order valence-corrected chi connectivity index (χ0v) is 11.0. The average Bonchev–Trinajstić information content (AvgIpc) is 3.02. The van der Waals surface area contributed by atoms with Crippen molar-refractivity contribution in [2.45, 2.75) is 10.8 Å². The number of rotatable bonds is 3. The van der Waals surface area contributed by atoms with E-state index in [-0.39, 0.29) is 5.56 Å². The molecular formula is C10H8N4O2S2. The van der Waals surface area contributed by atoms with Crippen molar-refractivity contribution in [3.8, 4) is 0 Å². The van der Waals surface area contributed by atoms with Crippen LogP contribution in [0.2, 0.25) is 0 Å². The third-order valence-electron chi connectivity index (χ3n) is 2.33. The SMILES string of the molecule is CSc1nn2c(=O)c(Cc3ccco3)nnc2s1. The molecule has 0 aliphatic carbocycles. The van der Waals surface area contributed by atoms with E-state index in [4.69, 9.17) is 4.42 Å². The fraction of sp³-hybridized carbons (Fsp3) is 0.200. The molecule has 3 rings (SSSR count). The quantitative estimate of drug-likeness (QED) is 0.676. The first kappa shape index (κ1) is 11.4. The van der Waals surface area contributed by atoms with E-state index in [0.29, 0.717) is 22.8 Å². The number of fused-ring (bicyclic) bond motifs is 1. The number of hydrogen-bond acceptors (Lipinski definition) is 7. The van der Waals surface area contributed by atoms with Crippen molar-refractivity contribution >= 4 is 28.1 Å². The van der Waals surface area contributed by atoms with E-state index in [2.05, 4.69) is 15.3 Å². The number of hydrogen-bond donors (Lipinski definition) is 0. The lowest BCUT2D eigenvalue weighted by atomic mass is 10.2. The Hall–Kier alpha value is -1.67. The summed E-state index contributed by atoms with van der Waals surface area (Å²) >= 11 is 2.82. The lowest BCUT2D eigenvalue weighted by Crippen LogP contribution is -2.22. The van der Waals surface area contributed by atoms with Crippen molar-refractivity contribution in [3.63, 3.8) is 0 Å². The molecule has 0 unspecified atom stereocenters. The van der Waals surface area contributed by atoms with Gasteiger partial charge in [-0.1, -0.05) is 23.1 Å². The van der Waals surface area contributed by atoms with Crippen LogP contribution in [0.5, 0.6) is 0 Å². The molecule has 18 heavy (non-hydrogen) atoms. The minimum absolute atomic E-state index is 0.243. The van der Waals surface area contributed by atoms with Gasteiger partial charge in [0, 0.05) is 0 Å².